The Morgan fingerprint density at radius 2 is 1.88 bits per heavy atom. The van der Waals surface area contributed by atoms with Crippen molar-refractivity contribution in [2.24, 2.45) is 7.05 Å². The van der Waals surface area contributed by atoms with E-state index in [1.165, 1.54) is 22.0 Å². The average Bonchev–Trinajstić information content (AvgIpc) is 2.69. The predicted molar refractivity (Wildman–Crippen MR) is 67.5 cm³/mol. The number of aryl methyl sites for hydroxylation is 1. The van der Waals surface area contributed by atoms with E-state index < -0.39 is 0 Å². The Labute approximate surface area is 99.5 Å². The molecule has 2 aromatic heterocycles. The van der Waals surface area contributed by atoms with Crippen LogP contribution in [0.25, 0.3) is 22.0 Å². The molecule has 0 amide bonds. The highest BCUT2D eigenvalue weighted by Gasteiger charge is 2.09. The number of aromatic nitrogens is 2. The Hall–Kier alpha value is -2.13. The van der Waals surface area contributed by atoms with Crippen LogP contribution < -0.4 is 10.7 Å². The van der Waals surface area contributed by atoms with Crippen LogP contribution in [0.3, 0.4) is 0 Å². The second kappa shape index (κ2) is 3.71. The Balaban J connectivity index is 2.27. The van der Waals surface area contributed by atoms with Crippen molar-refractivity contribution in [1.82, 2.24) is 4.57 Å². The smallest absolute Gasteiger partial charge is 0.191 e. The van der Waals surface area contributed by atoms with E-state index in [9.17, 15) is 0 Å². The van der Waals surface area contributed by atoms with E-state index in [0.29, 0.717) is 0 Å². The van der Waals surface area contributed by atoms with Gasteiger partial charge in [-0.15, -0.1) is 0 Å². The zero-order valence-corrected chi connectivity index (χ0v) is 9.77. The van der Waals surface area contributed by atoms with Gasteiger partial charge in [-0.3, -0.25) is 0 Å². The normalized spacial score (nSPS) is 10.9. The number of nitrogens with zero attached hydrogens (tertiary/aromatic N) is 1. The topological polar surface area (TPSA) is 46.7 Å². The number of H-pyrrole nitrogens is 1. The summed E-state index contributed by atoms with van der Waals surface area (Å²) in [5.74, 6) is 0. The highest BCUT2D eigenvalue weighted by atomic mass is 14.9. The number of nitrogens with one attached hydrogen (secondary N) is 1. The van der Waals surface area contributed by atoms with E-state index in [1.807, 2.05) is 24.5 Å². The molecule has 0 unspecified atom stereocenters. The Morgan fingerprint density at radius 3 is 2.65 bits per heavy atom. The van der Waals surface area contributed by atoms with Crippen LogP contribution in [-0.2, 0) is 7.05 Å². The molecule has 0 aliphatic carbocycles. The standard InChI is InChI=1S/C14H13N3/c1-17-9-13(10-2-4-11(15)5-3-10)12-6-7-16-8-14(12)17/h2-9H,15H2,1H3/p+2. The van der Waals surface area contributed by atoms with Gasteiger partial charge in [0.25, 0.3) is 0 Å². The molecule has 84 valence electrons. The van der Waals surface area contributed by atoms with Gasteiger partial charge in [-0.2, -0.15) is 0 Å². The first-order valence-electron chi connectivity index (χ1n) is 5.63. The third kappa shape index (κ3) is 1.61. The van der Waals surface area contributed by atoms with E-state index in [0.717, 1.165) is 5.69 Å². The average molecular weight is 225 g/mol. The zero-order valence-electron chi connectivity index (χ0n) is 9.77. The summed E-state index contributed by atoms with van der Waals surface area (Å²) < 4.78 is 2.14. The summed E-state index contributed by atoms with van der Waals surface area (Å²) in [6.45, 7) is 0. The molecule has 0 fully saturated rings. The minimum atomic E-state index is 1.04. The molecule has 2 heterocycles. The van der Waals surface area contributed by atoms with Crippen molar-refractivity contribution >= 4 is 16.6 Å². The SMILES string of the molecule is Cn1cc(-c2ccc([NH3+])cc2)c2cc[nH+]cc21. The molecule has 0 bridgehead atoms. The minimum Gasteiger partial charge on any atom is -0.345 e. The summed E-state index contributed by atoms with van der Waals surface area (Å²) in [5, 5.41) is 1.27. The molecule has 0 spiro atoms. The van der Waals surface area contributed by atoms with E-state index in [4.69, 9.17) is 0 Å². The number of benzene rings is 1. The zero-order chi connectivity index (χ0) is 11.8. The van der Waals surface area contributed by atoms with Crippen molar-refractivity contribution < 1.29 is 10.7 Å². The highest BCUT2D eigenvalue weighted by Crippen LogP contribution is 2.29. The largest absolute Gasteiger partial charge is 0.345 e. The molecule has 17 heavy (non-hydrogen) atoms. The molecular formula is C14H15N3+2. The molecule has 4 N–H and O–H groups in total. The first-order chi connectivity index (χ1) is 8.25. The molecule has 0 aliphatic heterocycles. The van der Waals surface area contributed by atoms with Crippen LogP contribution in [0.4, 0.5) is 5.69 Å². The molecule has 3 rings (SSSR count). The Bertz CT molecular complexity index is 666. The second-order valence-electron chi connectivity index (χ2n) is 4.29. The maximum Gasteiger partial charge on any atom is 0.191 e. The number of hydrogen-bond donors (Lipinski definition) is 1. The first-order valence-corrected chi connectivity index (χ1v) is 5.63. The first kappa shape index (κ1) is 10.1. The summed E-state index contributed by atoms with van der Waals surface area (Å²) in [4.78, 5) is 3.12. The number of aromatic amines is 1. The van der Waals surface area contributed by atoms with Crippen LogP contribution in [0.15, 0.2) is 48.9 Å². The summed E-state index contributed by atoms with van der Waals surface area (Å²) >= 11 is 0. The Morgan fingerprint density at radius 1 is 1.12 bits per heavy atom. The molecule has 0 aliphatic rings. The number of rotatable bonds is 1. The van der Waals surface area contributed by atoms with Gasteiger partial charge in [-0.05, 0) is 29.8 Å². The molecule has 3 heteroatoms. The molecule has 0 saturated heterocycles. The van der Waals surface area contributed by atoms with Crippen LogP contribution in [0.1, 0.15) is 0 Å². The van der Waals surface area contributed by atoms with Crippen LogP contribution in [0.2, 0.25) is 0 Å². The molecule has 3 aromatic rings. The van der Waals surface area contributed by atoms with Crippen molar-refractivity contribution in [1.29, 1.82) is 0 Å². The maximum atomic E-state index is 3.91. The van der Waals surface area contributed by atoms with Crippen molar-refractivity contribution in [2.75, 3.05) is 0 Å². The summed E-state index contributed by atoms with van der Waals surface area (Å²) in [7, 11) is 2.06. The van der Waals surface area contributed by atoms with E-state index in [2.05, 4.69) is 46.7 Å². The van der Waals surface area contributed by atoms with Crippen molar-refractivity contribution in [3.63, 3.8) is 0 Å². The second-order valence-corrected chi connectivity index (χ2v) is 4.29. The monoisotopic (exact) mass is 225 g/mol. The van der Waals surface area contributed by atoms with Crippen molar-refractivity contribution in [2.45, 2.75) is 0 Å². The third-order valence-corrected chi connectivity index (χ3v) is 3.10. The maximum absolute atomic E-state index is 3.91. The molecule has 0 saturated carbocycles. The van der Waals surface area contributed by atoms with Gasteiger partial charge in [0.05, 0.1) is 0 Å². The minimum absolute atomic E-state index is 1.04. The van der Waals surface area contributed by atoms with Crippen LogP contribution in [0.5, 0.6) is 0 Å². The van der Waals surface area contributed by atoms with Crippen LogP contribution in [0, 0.1) is 0 Å². The highest BCUT2D eigenvalue weighted by molar-refractivity contribution is 5.95. The fourth-order valence-corrected chi connectivity index (χ4v) is 2.19. The summed E-state index contributed by atoms with van der Waals surface area (Å²) in [6, 6.07) is 10.4. The lowest BCUT2D eigenvalue weighted by Crippen LogP contribution is -2.39. The summed E-state index contributed by atoms with van der Waals surface area (Å²) in [5.41, 5.74) is 8.66. The van der Waals surface area contributed by atoms with Gasteiger partial charge < -0.3 is 10.3 Å². The molecule has 0 radical (unpaired) electrons. The van der Waals surface area contributed by atoms with Gasteiger partial charge in [0, 0.05) is 30.3 Å². The van der Waals surface area contributed by atoms with Gasteiger partial charge in [0.2, 0.25) is 0 Å². The quantitative estimate of drug-likeness (QED) is 0.653. The number of quaternary nitrogens is 1. The van der Waals surface area contributed by atoms with Crippen LogP contribution >= 0.6 is 0 Å². The molecular weight excluding hydrogens is 210 g/mol. The molecule has 0 atom stereocenters. The lowest BCUT2D eigenvalue weighted by atomic mass is 10.1. The number of pyridine rings is 1. The lowest BCUT2D eigenvalue weighted by Gasteiger charge is -1.97. The summed E-state index contributed by atoms with van der Waals surface area (Å²) in [6.07, 6.45) is 6.15. The van der Waals surface area contributed by atoms with Gasteiger partial charge in [-0.1, -0.05) is 0 Å². The number of hydrogen-bond acceptors (Lipinski definition) is 0. The van der Waals surface area contributed by atoms with Crippen molar-refractivity contribution in [3.05, 3.63) is 48.9 Å². The number of fused-ring (bicyclic) bond motifs is 1. The lowest BCUT2D eigenvalue weighted by molar-refractivity contribution is -0.376. The fourth-order valence-electron chi connectivity index (χ4n) is 2.19. The fraction of sp³-hybridized carbons (Fsp3) is 0.0714. The predicted octanol–water partition coefficient (Wildman–Crippen LogP) is 1.53. The van der Waals surface area contributed by atoms with Gasteiger partial charge >= 0.3 is 0 Å². The van der Waals surface area contributed by atoms with Gasteiger partial charge in [0.1, 0.15) is 11.2 Å². The Kier molecular flexibility index (Phi) is 2.20. The van der Waals surface area contributed by atoms with E-state index in [-0.39, 0.29) is 0 Å². The third-order valence-electron chi connectivity index (χ3n) is 3.10. The molecule has 1 aromatic carbocycles. The van der Waals surface area contributed by atoms with Gasteiger partial charge in [0.15, 0.2) is 12.4 Å². The van der Waals surface area contributed by atoms with Crippen molar-refractivity contribution in [3.8, 4) is 11.1 Å². The van der Waals surface area contributed by atoms with Gasteiger partial charge in [-0.25, -0.2) is 4.98 Å². The van der Waals surface area contributed by atoms with E-state index >= 15 is 0 Å². The van der Waals surface area contributed by atoms with Crippen LogP contribution in [-0.4, -0.2) is 4.57 Å². The molecule has 3 nitrogen and oxygen atoms in total. The van der Waals surface area contributed by atoms with E-state index in [1.54, 1.807) is 0 Å².